The average Bonchev–Trinajstić information content (AvgIpc) is 2.17. The van der Waals surface area contributed by atoms with Crippen molar-refractivity contribution in [1.82, 2.24) is 0 Å². The number of hydrogen-bond donors (Lipinski definition) is 1. The minimum Gasteiger partial charge on any atom is -0.321 e. The van der Waals surface area contributed by atoms with Gasteiger partial charge in [-0.15, -0.1) is 0 Å². The molecule has 0 bridgehead atoms. The molecule has 1 rings (SSSR count). The second-order valence-electron chi connectivity index (χ2n) is 3.49. The molecule has 0 spiro atoms. The van der Waals surface area contributed by atoms with Gasteiger partial charge in [0.15, 0.2) is 0 Å². The number of rotatable bonds is 3. The molecule has 0 aliphatic rings. The highest BCUT2D eigenvalue weighted by molar-refractivity contribution is 6.35. The Morgan fingerprint density at radius 3 is 2.21 bits per heavy atom. The van der Waals surface area contributed by atoms with Crippen molar-refractivity contribution in [3.05, 3.63) is 33.8 Å². The number of nitrogens with two attached hydrogens (primary N) is 1. The first-order valence-corrected chi connectivity index (χ1v) is 5.53. The van der Waals surface area contributed by atoms with E-state index in [4.69, 9.17) is 28.9 Å². The Kier molecular flexibility index (Phi) is 3.82. The Morgan fingerprint density at radius 1 is 1.21 bits per heavy atom. The summed E-state index contributed by atoms with van der Waals surface area (Å²) in [6.07, 6.45) is 1.73. The zero-order chi connectivity index (χ0) is 10.8. The molecule has 1 aromatic rings. The zero-order valence-corrected chi connectivity index (χ0v) is 9.99. The van der Waals surface area contributed by atoms with Crippen LogP contribution in [-0.4, -0.2) is 0 Å². The lowest BCUT2D eigenvalue weighted by atomic mass is 9.86. The minimum absolute atomic E-state index is 0.332. The molecule has 0 unspecified atom stereocenters. The van der Waals surface area contributed by atoms with Gasteiger partial charge in [-0.25, -0.2) is 0 Å². The maximum absolute atomic E-state index is 6.24. The van der Waals surface area contributed by atoms with E-state index in [1.807, 2.05) is 12.1 Å². The van der Waals surface area contributed by atoms with Crippen molar-refractivity contribution in [2.75, 3.05) is 0 Å². The van der Waals surface area contributed by atoms with Crippen LogP contribution in [0.2, 0.25) is 10.0 Å². The van der Waals surface area contributed by atoms with E-state index in [9.17, 15) is 0 Å². The van der Waals surface area contributed by atoms with E-state index >= 15 is 0 Å². The van der Waals surface area contributed by atoms with Crippen molar-refractivity contribution in [2.45, 2.75) is 32.2 Å². The summed E-state index contributed by atoms with van der Waals surface area (Å²) in [4.78, 5) is 0. The number of halogens is 2. The molecule has 1 aromatic carbocycles. The van der Waals surface area contributed by atoms with E-state index in [-0.39, 0.29) is 5.54 Å². The van der Waals surface area contributed by atoms with Crippen LogP contribution in [-0.2, 0) is 5.54 Å². The Labute approximate surface area is 95.2 Å². The summed E-state index contributed by atoms with van der Waals surface area (Å²) in [5, 5.41) is 1.30. The van der Waals surface area contributed by atoms with E-state index < -0.39 is 0 Å². The van der Waals surface area contributed by atoms with Gasteiger partial charge in [0.1, 0.15) is 0 Å². The summed E-state index contributed by atoms with van der Waals surface area (Å²) in [6.45, 7) is 4.13. The summed E-state index contributed by atoms with van der Waals surface area (Å²) in [5.74, 6) is 0. The summed E-state index contributed by atoms with van der Waals surface area (Å²) in [5.41, 5.74) is 6.89. The van der Waals surface area contributed by atoms with Crippen molar-refractivity contribution < 1.29 is 0 Å². The molecule has 0 saturated carbocycles. The topological polar surface area (TPSA) is 26.0 Å². The average molecular weight is 232 g/mol. The molecule has 1 nitrogen and oxygen atoms in total. The fraction of sp³-hybridized carbons (Fsp3) is 0.455. The molecule has 78 valence electrons. The molecule has 0 fully saturated rings. The van der Waals surface area contributed by atoms with Crippen LogP contribution >= 0.6 is 23.2 Å². The Bertz CT molecular complexity index is 319. The molecule has 0 radical (unpaired) electrons. The van der Waals surface area contributed by atoms with Gasteiger partial charge in [0.2, 0.25) is 0 Å². The summed E-state index contributed by atoms with van der Waals surface area (Å²) >= 11 is 11.9. The van der Waals surface area contributed by atoms with Gasteiger partial charge in [0, 0.05) is 15.6 Å². The second kappa shape index (κ2) is 4.52. The van der Waals surface area contributed by atoms with Gasteiger partial charge in [-0.05, 0) is 30.5 Å². The lowest BCUT2D eigenvalue weighted by Gasteiger charge is -2.28. The van der Waals surface area contributed by atoms with Crippen LogP contribution in [0.4, 0.5) is 0 Å². The normalized spacial score (nSPS) is 11.8. The van der Waals surface area contributed by atoms with Gasteiger partial charge < -0.3 is 5.73 Å². The van der Waals surface area contributed by atoms with E-state index in [0.29, 0.717) is 10.0 Å². The first-order chi connectivity index (χ1) is 6.53. The van der Waals surface area contributed by atoms with Gasteiger partial charge in [-0.1, -0.05) is 43.1 Å². The monoisotopic (exact) mass is 231 g/mol. The van der Waals surface area contributed by atoms with Crippen LogP contribution in [0.25, 0.3) is 0 Å². The maximum Gasteiger partial charge on any atom is 0.0471 e. The highest BCUT2D eigenvalue weighted by Gasteiger charge is 2.25. The molecule has 0 aromatic heterocycles. The van der Waals surface area contributed by atoms with Crippen LogP contribution in [0.3, 0.4) is 0 Å². The van der Waals surface area contributed by atoms with Crippen molar-refractivity contribution in [3.8, 4) is 0 Å². The highest BCUT2D eigenvalue weighted by atomic mass is 35.5. The van der Waals surface area contributed by atoms with Crippen LogP contribution in [0, 0.1) is 0 Å². The molecule has 14 heavy (non-hydrogen) atoms. The maximum atomic E-state index is 6.24. The van der Waals surface area contributed by atoms with Crippen molar-refractivity contribution >= 4 is 23.2 Å². The van der Waals surface area contributed by atoms with Crippen LogP contribution < -0.4 is 5.73 Å². The molecular weight excluding hydrogens is 217 g/mol. The van der Waals surface area contributed by atoms with Crippen molar-refractivity contribution in [1.29, 1.82) is 0 Å². The molecule has 0 atom stereocenters. The summed E-state index contributed by atoms with van der Waals surface area (Å²) in [7, 11) is 0. The van der Waals surface area contributed by atoms with E-state index in [1.165, 1.54) is 0 Å². The third kappa shape index (κ3) is 2.22. The molecule has 0 heterocycles. The van der Waals surface area contributed by atoms with Crippen LogP contribution in [0.5, 0.6) is 0 Å². The third-order valence-corrected chi connectivity index (χ3v) is 3.28. The molecule has 0 saturated heterocycles. The van der Waals surface area contributed by atoms with Gasteiger partial charge in [0.25, 0.3) is 0 Å². The predicted octanol–water partition coefficient (Wildman–Crippen LogP) is 3.97. The smallest absolute Gasteiger partial charge is 0.0471 e. The van der Waals surface area contributed by atoms with Crippen LogP contribution in [0.1, 0.15) is 32.3 Å². The van der Waals surface area contributed by atoms with E-state index in [2.05, 4.69) is 13.8 Å². The molecule has 0 aliphatic carbocycles. The Hall–Kier alpha value is -0.240. The van der Waals surface area contributed by atoms with Crippen molar-refractivity contribution in [2.24, 2.45) is 5.73 Å². The highest BCUT2D eigenvalue weighted by Crippen LogP contribution is 2.32. The Balaban J connectivity index is 3.17. The standard InChI is InChI=1S/C11H15Cl2N/c1-3-11(14,4-2)9-6-5-8(12)7-10(9)13/h5-7H,3-4,14H2,1-2H3. The van der Waals surface area contributed by atoms with E-state index in [0.717, 1.165) is 18.4 Å². The van der Waals surface area contributed by atoms with Gasteiger partial charge in [-0.2, -0.15) is 0 Å². The first-order valence-electron chi connectivity index (χ1n) is 4.78. The fourth-order valence-corrected chi connectivity index (χ4v) is 2.12. The predicted molar refractivity (Wildman–Crippen MR) is 62.9 cm³/mol. The Morgan fingerprint density at radius 2 is 1.79 bits per heavy atom. The van der Waals surface area contributed by atoms with Crippen molar-refractivity contribution in [3.63, 3.8) is 0 Å². The molecule has 3 heteroatoms. The summed E-state index contributed by atoms with van der Waals surface area (Å²) < 4.78 is 0. The third-order valence-electron chi connectivity index (χ3n) is 2.73. The number of benzene rings is 1. The molecule has 0 amide bonds. The van der Waals surface area contributed by atoms with Gasteiger partial charge in [0.05, 0.1) is 0 Å². The summed E-state index contributed by atoms with van der Waals surface area (Å²) in [6, 6.07) is 5.48. The van der Waals surface area contributed by atoms with Crippen LogP contribution in [0.15, 0.2) is 18.2 Å². The lowest BCUT2D eigenvalue weighted by molar-refractivity contribution is 0.413. The second-order valence-corrected chi connectivity index (χ2v) is 4.33. The van der Waals surface area contributed by atoms with Gasteiger partial charge in [-0.3, -0.25) is 0 Å². The lowest BCUT2D eigenvalue weighted by Crippen LogP contribution is -2.35. The SMILES string of the molecule is CCC(N)(CC)c1ccc(Cl)cc1Cl. The first kappa shape index (κ1) is 11.8. The largest absolute Gasteiger partial charge is 0.321 e. The van der Waals surface area contributed by atoms with E-state index in [1.54, 1.807) is 6.07 Å². The quantitative estimate of drug-likeness (QED) is 0.838. The molecule has 2 N–H and O–H groups in total. The minimum atomic E-state index is -0.332. The zero-order valence-electron chi connectivity index (χ0n) is 8.48. The number of hydrogen-bond acceptors (Lipinski definition) is 1. The fourth-order valence-electron chi connectivity index (χ4n) is 1.52. The molecular formula is C11H15Cl2N. The van der Waals surface area contributed by atoms with Gasteiger partial charge >= 0.3 is 0 Å². The molecule has 0 aliphatic heterocycles.